The Morgan fingerprint density at radius 2 is 2.00 bits per heavy atom. The molecular weight excluding hydrogens is 322 g/mol. The molecule has 1 saturated heterocycles. The van der Waals surface area contributed by atoms with Crippen molar-refractivity contribution in [1.29, 1.82) is 0 Å². The molecule has 6 nitrogen and oxygen atoms in total. The molecule has 2 amide bonds. The van der Waals surface area contributed by atoms with E-state index in [1.54, 1.807) is 17.5 Å². The van der Waals surface area contributed by atoms with Gasteiger partial charge in [0.1, 0.15) is 5.82 Å². The number of hydrogen-bond acceptors (Lipinski definition) is 5. The van der Waals surface area contributed by atoms with Crippen LogP contribution in [0.25, 0.3) is 0 Å². The van der Waals surface area contributed by atoms with Crippen molar-refractivity contribution in [2.75, 3.05) is 18.0 Å². The van der Waals surface area contributed by atoms with Crippen LogP contribution >= 0.6 is 11.3 Å². The van der Waals surface area contributed by atoms with E-state index in [1.807, 2.05) is 19.2 Å². The number of piperidine rings is 1. The van der Waals surface area contributed by atoms with Gasteiger partial charge in [-0.15, -0.1) is 11.3 Å². The van der Waals surface area contributed by atoms with Crippen LogP contribution in [0.5, 0.6) is 0 Å². The van der Waals surface area contributed by atoms with Crippen molar-refractivity contribution in [3.63, 3.8) is 0 Å². The molecule has 7 heteroatoms. The van der Waals surface area contributed by atoms with Crippen molar-refractivity contribution in [1.82, 2.24) is 20.6 Å². The van der Waals surface area contributed by atoms with Gasteiger partial charge in [-0.05, 0) is 43.9 Å². The highest BCUT2D eigenvalue weighted by atomic mass is 32.1. The zero-order valence-corrected chi connectivity index (χ0v) is 14.7. The van der Waals surface area contributed by atoms with E-state index in [4.69, 9.17) is 0 Å². The number of carbonyl (C=O) groups is 1. The van der Waals surface area contributed by atoms with Crippen LogP contribution in [-0.4, -0.2) is 29.1 Å². The number of thiazole rings is 1. The third-order valence-electron chi connectivity index (χ3n) is 4.04. The summed E-state index contributed by atoms with van der Waals surface area (Å²) in [7, 11) is 0. The van der Waals surface area contributed by atoms with Gasteiger partial charge in [0.25, 0.3) is 0 Å². The Bertz CT molecular complexity index is 681. The third-order valence-corrected chi connectivity index (χ3v) is 4.95. The fourth-order valence-electron chi connectivity index (χ4n) is 2.77. The molecule has 1 fully saturated rings. The Kier molecular flexibility index (Phi) is 5.63. The zero-order chi connectivity index (χ0) is 16.8. The minimum absolute atomic E-state index is 0.169. The highest BCUT2D eigenvalue weighted by molar-refractivity contribution is 7.11. The van der Waals surface area contributed by atoms with Gasteiger partial charge in [-0.3, -0.25) is 0 Å². The SMILES string of the molecule is Cc1ncc(CNC(=O)NCc2ccnc(N3CCCCC3)c2)s1. The number of hydrogen-bond donors (Lipinski definition) is 2. The van der Waals surface area contributed by atoms with Gasteiger partial charge in [0.2, 0.25) is 0 Å². The number of nitrogens with one attached hydrogen (secondary N) is 2. The van der Waals surface area contributed by atoms with Crippen LogP contribution in [0, 0.1) is 6.92 Å². The number of rotatable bonds is 5. The highest BCUT2D eigenvalue weighted by Gasteiger charge is 2.12. The van der Waals surface area contributed by atoms with Crippen molar-refractivity contribution >= 4 is 23.2 Å². The van der Waals surface area contributed by atoms with Crippen molar-refractivity contribution < 1.29 is 4.79 Å². The molecule has 0 radical (unpaired) electrons. The molecule has 0 saturated carbocycles. The van der Waals surface area contributed by atoms with E-state index in [1.165, 1.54) is 19.3 Å². The first-order chi connectivity index (χ1) is 11.7. The molecule has 2 aromatic heterocycles. The summed E-state index contributed by atoms with van der Waals surface area (Å²) >= 11 is 1.59. The summed E-state index contributed by atoms with van der Waals surface area (Å²) in [6.07, 6.45) is 7.37. The van der Waals surface area contributed by atoms with Crippen LogP contribution in [0.2, 0.25) is 0 Å². The lowest BCUT2D eigenvalue weighted by Crippen LogP contribution is -2.34. The van der Waals surface area contributed by atoms with Crippen LogP contribution in [-0.2, 0) is 13.1 Å². The first-order valence-corrected chi connectivity index (χ1v) is 9.15. The van der Waals surface area contributed by atoms with Gasteiger partial charge in [-0.25, -0.2) is 14.8 Å². The Labute approximate surface area is 146 Å². The number of anilines is 1. The predicted octanol–water partition coefficient (Wildman–Crippen LogP) is 2.84. The van der Waals surface area contributed by atoms with E-state index in [0.717, 1.165) is 34.4 Å². The minimum Gasteiger partial charge on any atom is -0.357 e. The fraction of sp³-hybridized carbons (Fsp3) is 0.471. The standard InChI is InChI=1S/C17H23N5OS/c1-13-19-11-15(24-13)12-21-17(23)20-10-14-5-6-18-16(9-14)22-7-3-2-4-8-22/h5-6,9,11H,2-4,7-8,10,12H2,1H3,(H2,20,21,23). The number of carbonyl (C=O) groups excluding carboxylic acids is 1. The first kappa shape index (κ1) is 16.7. The Hall–Kier alpha value is -2.15. The summed E-state index contributed by atoms with van der Waals surface area (Å²) in [5.74, 6) is 1.01. The van der Waals surface area contributed by atoms with Gasteiger partial charge in [-0.2, -0.15) is 0 Å². The molecule has 1 aliphatic rings. The van der Waals surface area contributed by atoms with Gasteiger partial charge >= 0.3 is 6.03 Å². The summed E-state index contributed by atoms with van der Waals surface area (Å²) in [4.78, 5) is 23.9. The maximum Gasteiger partial charge on any atom is 0.315 e. The van der Waals surface area contributed by atoms with E-state index in [2.05, 4.69) is 31.6 Å². The average Bonchev–Trinajstić information content (AvgIpc) is 3.04. The second kappa shape index (κ2) is 8.10. The number of amides is 2. The van der Waals surface area contributed by atoms with Crippen molar-refractivity contribution in [3.8, 4) is 0 Å². The number of urea groups is 1. The summed E-state index contributed by atoms with van der Waals surface area (Å²) in [5.41, 5.74) is 1.06. The molecule has 0 bridgehead atoms. The predicted molar refractivity (Wildman–Crippen MR) is 96.2 cm³/mol. The summed E-state index contributed by atoms with van der Waals surface area (Å²) in [6.45, 7) is 5.10. The smallest absolute Gasteiger partial charge is 0.315 e. The van der Waals surface area contributed by atoms with Crippen LogP contribution in [0.15, 0.2) is 24.5 Å². The molecule has 2 N–H and O–H groups in total. The normalized spacial score (nSPS) is 14.5. The quantitative estimate of drug-likeness (QED) is 0.874. The Morgan fingerprint density at radius 3 is 2.75 bits per heavy atom. The lowest BCUT2D eigenvalue weighted by Gasteiger charge is -2.27. The molecule has 3 heterocycles. The Morgan fingerprint density at radius 1 is 1.21 bits per heavy atom. The van der Waals surface area contributed by atoms with Crippen molar-refractivity contribution in [3.05, 3.63) is 40.0 Å². The third kappa shape index (κ3) is 4.67. The second-order valence-electron chi connectivity index (χ2n) is 5.95. The second-order valence-corrected chi connectivity index (χ2v) is 7.27. The molecule has 0 spiro atoms. The largest absolute Gasteiger partial charge is 0.357 e. The Balaban J connectivity index is 1.47. The average molecular weight is 345 g/mol. The molecule has 0 unspecified atom stereocenters. The monoisotopic (exact) mass is 345 g/mol. The molecule has 0 aliphatic carbocycles. The van der Waals surface area contributed by atoms with Crippen LogP contribution < -0.4 is 15.5 Å². The molecule has 128 valence electrons. The van der Waals surface area contributed by atoms with E-state index < -0.39 is 0 Å². The van der Waals surface area contributed by atoms with Crippen LogP contribution in [0.3, 0.4) is 0 Å². The minimum atomic E-state index is -0.169. The number of pyridine rings is 1. The molecule has 24 heavy (non-hydrogen) atoms. The summed E-state index contributed by atoms with van der Waals surface area (Å²) < 4.78 is 0. The number of aryl methyl sites for hydroxylation is 1. The van der Waals surface area contributed by atoms with Crippen molar-refractivity contribution in [2.24, 2.45) is 0 Å². The van der Waals surface area contributed by atoms with E-state index in [0.29, 0.717) is 13.1 Å². The fourth-order valence-corrected chi connectivity index (χ4v) is 3.50. The van der Waals surface area contributed by atoms with E-state index in [9.17, 15) is 4.79 Å². The van der Waals surface area contributed by atoms with Crippen molar-refractivity contribution in [2.45, 2.75) is 39.3 Å². The van der Waals surface area contributed by atoms with Crippen LogP contribution in [0.1, 0.15) is 34.7 Å². The highest BCUT2D eigenvalue weighted by Crippen LogP contribution is 2.18. The molecule has 0 atom stereocenters. The van der Waals surface area contributed by atoms with Gasteiger partial charge in [0.05, 0.1) is 11.6 Å². The van der Waals surface area contributed by atoms with E-state index >= 15 is 0 Å². The number of nitrogens with zero attached hydrogens (tertiary/aromatic N) is 3. The number of aromatic nitrogens is 2. The van der Waals surface area contributed by atoms with Crippen LogP contribution in [0.4, 0.5) is 10.6 Å². The lowest BCUT2D eigenvalue weighted by atomic mass is 10.1. The summed E-state index contributed by atoms with van der Waals surface area (Å²) in [5, 5.41) is 6.76. The van der Waals surface area contributed by atoms with E-state index in [-0.39, 0.29) is 6.03 Å². The maximum absolute atomic E-state index is 11.9. The van der Waals surface area contributed by atoms with Gasteiger partial charge in [0, 0.05) is 36.9 Å². The summed E-state index contributed by atoms with van der Waals surface area (Å²) in [6, 6.07) is 3.84. The maximum atomic E-state index is 11.9. The molecule has 2 aromatic rings. The molecule has 0 aromatic carbocycles. The van der Waals surface area contributed by atoms with Gasteiger partial charge in [-0.1, -0.05) is 0 Å². The lowest BCUT2D eigenvalue weighted by molar-refractivity contribution is 0.240. The topological polar surface area (TPSA) is 70.1 Å². The van der Waals surface area contributed by atoms with Gasteiger partial charge in [0.15, 0.2) is 0 Å². The molecule has 1 aliphatic heterocycles. The van der Waals surface area contributed by atoms with Gasteiger partial charge < -0.3 is 15.5 Å². The molecular formula is C17H23N5OS. The zero-order valence-electron chi connectivity index (χ0n) is 13.9. The molecule has 3 rings (SSSR count). The first-order valence-electron chi connectivity index (χ1n) is 8.33.